The minimum Gasteiger partial charge on any atom is -0.126 e. The van der Waals surface area contributed by atoms with Gasteiger partial charge in [-0.3, -0.25) is 0 Å². The highest BCUT2D eigenvalue weighted by Gasteiger charge is 2.15. The van der Waals surface area contributed by atoms with E-state index < -0.39 is 7.92 Å². The maximum absolute atomic E-state index is 5.68. The van der Waals surface area contributed by atoms with E-state index in [2.05, 4.69) is 91.0 Å². The normalized spacial score (nSPS) is 14.4. The van der Waals surface area contributed by atoms with E-state index in [1.54, 1.807) is 0 Å². The van der Waals surface area contributed by atoms with Crippen LogP contribution in [0.2, 0.25) is 0 Å². The van der Waals surface area contributed by atoms with Crippen LogP contribution >= 0.6 is 19.5 Å². The van der Waals surface area contributed by atoms with Gasteiger partial charge in [0.25, 0.3) is 0 Å². The summed E-state index contributed by atoms with van der Waals surface area (Å²) in [6.07, 6.45) is 7.02. The number of benzene rings is 3. The Balaban J connectivity index is 0.000000221. The quantitative estimate of drug-likeness (QED) is 0.362. The molecule has 0 atom stereocenters. The molecule has 0 heterocycles. The molecule has 0 N–H and O–H groups in total. The molecule has 1 aliphatic rings. The van der Waals surface area contributed by atoms with Gasteiger partial charge in [0.1, 0.15) is 0 Å². The van der Waals surface area contributed by atoms with Gasteiger partial charge >= 0.3 is 0 Å². The first kappa shape index (κ1) is 20.1. The third-order valence-corrected chi connectivity index (χ3v) is 7.87. The van der Waals surface area contributed by atoms with Gasteiger partial charge in [0.05, 0.1) is 0 Å². The molecule has 0 radical (unpaired) electrons. The maximum atomic E-state index is 5.68. The number of halogens is 1. The summed E-state index contributed by atoms with van der Waals surface area (Å²) in [5.74, 6) is 1.74. The maximum Gasteiger partial charge on any atom is 0.0251 e. The van der Waals surface area contributed by atoms with Crippen LogP contribution in [-0.4, -0.2) is 5.88 Å². The Kier molecular flexibility index (Phi) is 8.40. The van der Waals surface area contributed by atoms with Crippen LogP contribution in [0, 0.1) is 5.92 Å². The summed E-state index contributed by atoms with van der Waals surface area (Å²) >= 11 is 5.68. The molecular formula is C25H28ClP. The summed E-state index contributed by atoms with van der Waals surface area (Å²) in [6.45, 7) is 0. The first-order valence-corrected chi connectivity index (χ1v) is 11.8. The van der Waals surface area contributed by atoms with Crippen LogP contribution in [0.15, 0.2) is 91.0 Å². The van der Waals surface area contributed by atoms with Crippen molar-refractivity contribution in [1.82, 2.24) is 0 Å². The lowest BCUT2D eigenvalue weighted by molar-refractivity contribution is 0.389. The topological polar surface area (TPSA) is 0 Å². The van der Waals surface area contributed by atoms with Gasteiger partial charge in [0.15, 0.2) is 0 Å². The molecule has 0 spiro atoms. The standard InChI is InChI=1S/C18H15P.C7H13Cl/c1-4-10-16(11-5-1)19(17-12-6-2-7-13-17)18-14-8-3-9-15-18;8-6-7-4-2-1-3-5-7/h1-15H;7H,1-6H2. The van der Waals surface area contributed by atoms with E-state index in [-0.39, 0.29) is 0 Å². The Labute approximate surface area is 170 Å². The molecule has 0 nitrogen and oxygen atoms in total. The van der Waals surface area contributed by atoms with Gasteiger partial charge in [0, 0.05) is 5.88 Å². The van der Waals surface area contributed by atoms with Crippen LogP contribution in [0.5, 0.6) is 0 Å². The summed E-state index contributed by atoms with van der Waals surface area (Å²) < 4.78 is 0. The van der Waals surface area contributed by atoms with Crippen molar-refractivity contribution in [2.24, 2.45) is 5.92 Å². The van der Waals surface area contributed by atoms with Gasteiger partial charge in [0.2, 0.25) is 0 Å². The smallest absolute Gasteiger partial charge is 0.0251 e. The molecule has 1 fully saturated rings. The number of hydrogen-bond acceptors (Lipinski definition) is 0. The predicted molar refractivity (Wildman–Crippen MR) is 122 cm³/mol. The molecule has 1 saturated carbocycles. The van der Waals surface area contributed by atoms with Gasteiger partial charge in [-0.05, 0) is 42.6 Å². The van der Waals surface area contributed by atoms with Crippen LogP contribution < -0.4 is 15.9 Å². The van der Waals surface area contributed by atoms with Crippen molar-refractivity contribution in [3.63, 3.8) is 0 Å². The molecule has 0 amide bonds. The molecule has 2 heteroatoms. The first-order chi connectivity index (χ1) is 13.4. The van der Waals surface area contributed by atoms with Gasteiger partial charge in [-0.25, -0.2) is 0 Å². The van der Waals surface area contributed by atoms with E-state index >= 15 is 0 Å². The second-order valence-electron chi connectivity index (χ2n) is 7.00. The Morgan fingerprint density at radius 3 is 1.26 bits per heavy atom. The summed E-state index contributed by atoms with van der Waals surface area (Å²) in [6, 6.07) is 32.3. The zero-order chi connectivity index (χ0) is 18.7. The van der Waals surface area contributed by atoms with Crippen molar-refractivity contribution in [2.75, 3.05) is 5.88 Å². The SMILES string of the molecule is ClCC1CCCCC1.c1ccc(P(c2ccccc2)c2ccccc2)cc1. The minimum atomic E-state index is -0.446. The Morgan fingerprint density at radius 1 is 0.593 bits per heavy atom. The van der Waals surface area contributed by atoms with Crippen LogP contribution in [0.1, 0.15) is 32.1 Å². The number of rotatable bonds is 4. The van der Waals surface area contributed by atoms with Gasteiger partial charge in [-0.2, -0.15) is 0 Å². The van der Waals surface area contributed by atoms with Gasteiger partial charge in [-0.15, -0.1) is 11.6 Å². The zero-order valence-electron chi connectivity index (χ0n) is 15.8. The summed E-state index contributed by atoms with van der Waals surface area (Å²) in [4.78, 5) is 0. The van der Waals surface area contributed by atoms with Crippen LogP contribution in [-0.2, 0) is 0 Å². The third-order valence-electron chi connectivity index (χ3n) is 4.99. The average molecular weight is 395 g/mol. The zero-order valence-corrected chi connectivity index (χ0v) is 17.5. The lowest BCUT2D eigenvalue weighted by atomic mass is 9.91. The van der Waals surface area contributed by atoms with Crippen LogP contribution in [0.4, 0.5) is 0 Å². The first-order valence-electron chi connectivity index (χ1n) is 9.89. The fourth-order valence-corrected chi connectivity index (χ4v) is 6.13. The van der Waals surface area contributed by atoms with E-state index in [0.29, 0.717) is 0 Å². The molecule has 0 unspecified atom stereocenters. The van der Waals surface area contributed by atoms with E-state index in [1.807, 2.05) is 0 Å². The molecule has 3 aromatic carbocycles. The molecule has 0 bridgehead atoms. The lowest BCUT2D eigenvalue weighted by Gasteiger charge is -2.18. The van der Waals surface area contributed by atoms with Crippen molar-refractivity contribution >= 4 is 35.4 Å². The minimum absolute atomic E-state index is 0.446. The van der Waals surface area contributed by atoms with Crippen LogP contribution in [0.3, 0.4) is 0 Å². The van der Waals surface area contributed by atoms with Gasteiger partial charge < -0.3 is 0 Å². The molecular weight excluding hydrogens is 367 g/mol. The Bertz CT molecular complexity index is 658. The second-order valence-corrected chi connectivity index (χ2v) is 9.53. The summed E-state index contributed by atoms with van der Waals surface area (Å²) in [7, 11) is -0.446. The molecule has 140 valence electrons. The predicted octanol–water partition coefficient (Wildman–Crippen LogP) is 6.25. The highest BCUT2D eigenvalue weighted by Crippen LogP contribution is 2.32. The van der Waals surface area contributed by atoms with Crippen molar-refractivity contribution in [3.8, 4) is 0 Å². The van der Waals surface area contributed by atoms with Crippen molar-refractivity contribution in [2.45, 2.75) is 32.1 Å². The summed E-state index contributed by atoms with van der Waals surface area (Å²) in [5, 5.41) is 4.19. The van der Waals surface area contributed by atoms with E-state index in [4.69, 9.17) is 11.6 Å². The number of hydrogen-bond donors (Lipinski definition) is 0. The van der Waals surface area contributed by atoms with Crippen LogP contribution in [0.25, 0.3) is 0 Å². The lowest BCUT2D eigenvalue weighted by Crippen LogP contribution is -2.20. The van der Waals surface area contributed by atoms with E-state index in [0.717, 1.165) is 11.8 Å². The Hall–Kier alpha value is -1.62. The van der Waals surface area contributed by atoms with E-state index in [9.17, 15) is 0 Å². The molecule has 4 rings (SSSR count). The second kappa shape index (κ2) is 11.3. The highest BCUT2D eigenvalue weighted by molar-refractivity contribution is 7.79. The average Bonchev–Trinajstić information content (AvgIpc) is 2.77. The van der Waals surface area contributed by atoms with E-state index in [1.165, 1.54) is 48.0 Å². The fourth-order valence-electron chi connectivity index (χ4n) is 3.52. The highest BCUT2D eigenvalue weighted by atomic mass is 35.5. The monoisotopic (exact) mass is 394 g/mol. The Morgan fingerprint density at radius 2 is 0.963 bits per heavy atom. The third kappa shape index (κ3) is 6.20. The molecule has 0 saturated heterocycles. The molecule has 0 aliphatic heterocycles. The molecule has 27 heavy (non-hydrogen) atoms. The number of alkyl halides is 1. The van der Waals surface area contributed by atoms with Crippen molar-refractivity contribution < 1.29 is 0 Å². The largest absolute Gasteiger partial charge is 0.126 e. The molecule has 0 aromatic heterocycles. The molecule has 3 aromatic rings. The van der Waals surface area contributed by atoms with Gasteiger partial charge in [-0.1, -0.05) is 110 Å². The molecule has 1 aliphatic carbocycles. The summed E-state index contributed by atoms with van der Waals surface area (Å²) in [5.41, 5.74) is 0. The fraction of sp³-hybridized carbons (Fsp3) is 0.280. The van der Waals surface area contributed by atoms with Crippen molar-refractivity contribution in [3.05, 3.63) is 91.0 Å². The van der Waals surface area contributed by atoms with Crippen molar-refractivity contribution in [1.29, 1.82) is 0 Å².